The van der Waals surface area contributed by atoms with Crippen LogP contribution in [0.3, 0.4) is 0 Å². The lowest BCUT2D eigenvalue weighted by molar-refractivity contribution is 0.0691. The Kier molecular flexibility index (Phi) is 9.67. The molecule has 4 heteroatoms. The van der Waals surface area contributed by atoms with E-state index in [0.717, 1.165) is 41.7 Å². The number of hydrogen-bond acceptors (Lipinski definition) is 4. The SMILES string of the molecule is CCOc1cc(C=Cc2cccc(C=CCCCC(C)(C)O)c2)c(OC)c(OCC)c1. The highest BCUT2D eigenvalue weighted by atomic mass is 16.5. The van der Waals surface area contributed by atoms with E-state index in [2.05, 4.69) is 42.5 Å². The lowest BCUT2D eigenvalue weighted by Gasteiger charge is -2.15. The Morgan fingerprint density at radius 1 is 0.935 bits per heavy atom. The molecule has 0 heterocycles. The van der Waals surface area contributed by atoms with Gasteiger partial charge in [-0.05, 0) is 70.2 Å². The molecule has 0 atom stereocenters. The molecule has 0 aliphatic carbocycles. The summed E-state index contributed by atoms with van der Waals surface area (Å²) in [6, 6.07) is 12.2. The molecule has 0 fully saturated rings. The fourth-order valence-corrected chi connectivity index (χ4v) is 3.28. The van der Waals surface area contributed by atoms with Gasteiger partial charge in [-0.2, -0.15) is 0 Å². The van der Waals surface area contributed by atoms with Crippen molar-refractivity contribution in [2.24, 2.45) is 0 Å². The molecule has 0 aliphatic heterocycles. The van der Waals surface area contributed by atoms with Gasteiger partial charge in [0.15, 0.2) is 11.5 Å². The van der Waals surface area contributed by atoms with Crippen LogP contribution in [-0.2, 0) is 0 Å². The minimum Gasteiger partial charge on any atom is -0.494 e. The van der Waals surface area contributed by atoms with Crippen molar-refractivity contribution in [3.8, 4) is 17.2 Å². The third-order valence-corrected chi connectivity index (χ3v) is 4.71. The second-order valence-electron chi connectivity index (χ2n) is 8.02. The predicted molar refractivity (Wildman–Crippen MR) is 130 cm³/mol. The average Bonchev–Trinajstić information content (AvgIpc) is 2.72. The van der Waals surface area contributed by atoms with Gasteiger partial charge in [0.25, 0.3) is 0 Å². The molecule has 2 aromatic rings. The first-order valence-electron chi connectivity index (χ1n) is 11.0. The van der Waals surface area contributed by atoms with E-state index < -0.39 is 5.60 Å². The van der Waals surface area contributed by atoms with E-state index in [9.17, 15) is 5.11 Å². The summed E-state index contributed by atoms with van der Waals surface area (Å²) in [5, 5.41) is 9.80. The van der Waals surface area contributed by atoms with Crippen LogP contribution in [0, 0.1) is 0 Å². The van der Waals surface area contributed by atoms with Gasteiger partial charge in [-0.1, -0.05) is 42.5 Å². The van der Waals surface area contributed by atoms with Crippen molar-refractivity contribution in [1.82, 2.24) is 0 Å². The number of allylic oxidation sites excluding steroid dienone is 1. The Morgan fingerprint density at radius 2 is 1.65 bits per heavy atom. The van der Waals surface area contributed by atoms with Gasteiger partial charge in [-0.3, -0.25) is 0 Å². The largest absolute Gasteiger partial charge is 0.494 e. The molecule has 0 saturated carbocycles. The molecule has 0 aromatic heterocycles. The summed E-state index contributed by atoms with van der Waals surface area (Å²) in [6.07, 6.45) is 11.1. The maximum Gasteiger partial charge on any atom is 0.168 e. The summed E-state index contributed by atoms with van der Waals surface area (Å²) in [5.41, 5.74) is 2.56. The molecule has 0 aliphatic rings. The molecule has 4 nitrogen and oxygen atoms in total. The van der Waals surface area contributed by atoms with Crippen molar-refractivity contribution >= 4 is 18.2 Å². The molecular formula is C27H36O4. The van der Waals surface area contributed by atoms with Crippen LogP contribution in [-0.4, -0.2) is 31.0 Å². The monoisotopic (exact) mass is 424 g/mol. The first-order valence-corrected chi connectivity index (χ1v) is 11.0. The van der Waals surface area contributed by atoms with E-state index in [1.165, 1.54) is 0 Å². The number of benzene rings is 2. The first-order chi connectivity index (χ1) is 14.9. The number of hydrogen-bond donors (Lipinski definition) is 1. The van der Waals surface area contributed by atoms with E-state index in [4.69, 9.17) is 14.2 Å². The van der Waals surface area contributed by atoms with Crippen LogP contribution in [0.1, 0.15) is 63.6 Å². The Labute approximate surface area is 187 Å². The van der Waals surface area contributed by atoms with Gasteiger partial charge < -0.3 is 19.3 Å². The summed E-state index contributed by atoms with van der Waals surface area (Å²) in [6.45, 7) is 8.76. The smallest absolute Gasteiger partial charge is 0.168 e. The van der Waals surface area contributed by atoms with Gasteiger partial charge >= 0.3 is 0 Å². The molecule has 31 heavy (non-hydrogen) atoms. The van der Waals surface area contributed by atoms with Crippen LogP contribution in [0.4, 0.5) is 0 Å². The quantitative estimate of drug-likeness (QED) is 0.307. The molecule has 0 radical (unpaired) electrons. The number of methoxy groups -OCH3 is 1. The van der Waals surface area contributed by atoms with Crippen LogP contribution < -0.4 is 14.2 Å². The average molecular weight is 425 g/mol. The lowest BCUT2D eigenvalue weighted by atomic mass is 10.0. The molecule has 0 saturated heterocycles. The van der Waals surface area contributed by atoms with Crippen LogP contribution in [0.15, 0.2) is 42.5 Å². The summed E-state index contributed by atoms with van der Waals surface area (Å²) in [5.74, 6) is 2.14. The molecule has 0 bridgehead atoms. The van der Waals surface area contributed by atoms with Gasteiger partial charge in [-0.25, -0.2) is 0 Å². The van der Waals surface area contributed by atoms with Crippen molar-refractivity contribution in [2.45, 2.75) is 52.6 Å². The molecule has 0 amide bonds. The molecule has 2 rings (SSSR count). The Balaban J connectivity index is 2.17. The first kappa shape index (κ1) is 24.5. The van der Waals surface area contributed by atoms with Crippen molar-refractivity contribution in [3.63, 3.8) is 0 Å². The number of ether oxygens (including phenoxy) is 3. The van der Waals surface area contributed by atoms with E-state index >= 15 is 0 Å². The fraction of sp³-hybridized carbons (Fsp3) is 0.407. The zero-order valence-electron chi connectivity index (χ0n) is 19.5. The minimum absolute atomic E-state index is 0.555. The zero-order chi connectivity index (χ0) is 22.7. The summed E-state index contributed by atoms with van der Waals surface area (Å²) in [7, 11) is 1.65. The van der Waals surface area contributed by atoms with Crippen molar-refractivity contribution in [2.75, 3.05) is 20.3 Å². The minimum atomic E-state index is -0.596. The van der Waals surface area contributed by atoms with E-state index in [-0.39, 0.29) is 0 Å². The van der Waals surface area contributed by atoms with Gasteiger partial charge in [0.05, 0.1) is 25.9 Å². The topological polar surface area (TPSA) is 47.9 Å². The molecule has 0 unspecified atom stereocenters. The van der Waals surface area contributed by atoms with Crippen LogP contribution >= 0.6 is 0 Å². The Morgan fingerprint density at radius 3 is 2.29 bits per heavy atom. The Hall–Kier alpha value is -2.72. The summed E-state index contributed by atoms with van der Waals surface area (Å²) >= 11 is 0. The molecule has 2 aromatic carbocycles. The number of rotatable bonds is 12. The van der Waals surface area contributed by atoms with Gasteiger partial charge in [0.2, 0.25) is 0 Å². The highest BCUT2D eigenvalue weighted by Gasteiger charge is 2.12. The zero-order valence-corrected chi connectivity index (χ0v) is 19.5. The maximum absolute atomic E-state index is 9.80. The highest BCUT2D eigenvalue weighted by molar-refractivity contribution is 5.76. The third kappa shape index (κ3) is 8.50. The fourth-order valence-electron chi connectivity index (χ4n) is 3.28. The lowest BCUT2D eigenvalue weighted by Crippen LogP contribution is -2.17. The van der Waals surface area contributed by atoms with Crippen LogP contribution in [0.25, 0.3) is 18.2 Å². The molecule has 0 spiro atoms. The summed E-state index contributed by atoms with van der Waals surface area (Å²) in [4.78, 5) is 0. The second-order valence-corrected chi connectivity index (χ2v) is 8.02. The van der Waals surface area contributed by atoms with Gasteiger partial charge in [-0.15, -0.1) is 0 Å². The van der Waals surface area contributed by atoms with E-state index in [1.54, 1.807) is 7.11 Å². The maximum atomic E-state index is 9.80. The summed E-state index contributed by atoms with van der Waals surface area (Å²) < 4.78 is 17.1. The Bertz CT molecular complexity index is 875. The van der Waals surface area contributed by atoms with Gasteiger partial charge in [0, 0.05) is 11.6 Å². The van der Waals surface area contributed by atoms with E-state index in [0.29, 0.717) is 24.7 Å². The standard InChI is InChI=1S/C27H36O4/c1-6-30-24-19-23(26(29-5)25(20-24)31-7-2)16-15-22-14-11-13-21(18-22)12-9-8-10-17-27(3,4)28/h9,11-16,18-20,28H,6-8,10,17H2,1-5H3. The highest BCUT2D eigenvalue weighted by Crippen LogP contribution is 2.37. The third-order valence-electron chi connectivity index (χ3n) is 4.71. The second kappa shape index (κ2) is 12.2. The molecule has 168 valence electrons. The van der Waals surface area contributed by atoms with Crippen LogP contribution in [0.2, 0.25) is 0 Å². The number of unbranched alkanes of at least 4 members (excludes halogenated alkanes) is 1. The van der Waals surface area contributed by atoms with Crippen molar-refractivity contribution < 1.29 is 19.3 Å². The van der Waals surface area contributed by atoms with Crippen molar-refractivity contribution in [3.05, 3.63) is 59.2 Å². The number of aliphatic hydroxyl groups is 1. The van der Waals surface area contributed by atoms with Crippen molar-refractivity contribution in [1.29, 1.82) is 0 Å². The molecular weight excluding hydrogens is 388 g/mol. The normalized spacial score (nSPS) is 11.9. The van der Waals surface area contributed by atoms with Crippen LogP contribution in [0.5, 0.6) is 17.2 Å². The van der Waals surface area contributed by atoms with Gasteiger partial charge in [0.1, 0.15) is 5.75 Å². The predicted octanol–water partition coefficient (Wildman–Crippen LogP) is 6.62. The van der Waals surface area contributed by atoms with E-state index in [1.807, 2.05) is 45.9 Å². The molecule has 1 N–H and O–H groups in total.